The van der Waals surface area contributed by atoms with Crippen molar-refractivity contribution in [2.75, 3.05) is 25.9 Å². The molecule has 0 aliphatic carbocycles. The Morgan fingerprint density at radius 2 is 2.39 bits per heavy atom. The van der Waals surface area contributed by atoms with Crippen LogP contribution >= 0.6 is 0 Å². The molecule has 2 heterocycles. The number of hydrogen-bond acceptors (Lipinski definition) is 4. The monoisotopic (exact) mass is 249 g/mol. The molecule has 1 unspecified atom stereocenters. The van der Waals surface area contributed by atoms with Gasteiger partial charge in [0.25, 0.3) is 5.91 Å². The summed E-state index contributed by atoms with van der Waals surface area (Å²) in [5.74, 6) is 0.376. The Balaban J connectivity index is 1.93. The molecular weight excluding hydrogens is 230 g/mol. The van der Waals surface area contributed by atoms with E-state index in [0.717, 1.165) is 19.4 Å². The number of amides is 1. The molecule has 2 rings (SSSR count). The molecule has 0 aromatic carbocycles. The van der Waals surface area contributed by atoms with Gasteiger partial charge >= 0.3 is 0 Å². The third-order valence-corrected chi connectivity index (χ3v) is 3.13. The lowest BCUT2D eigenvalue weighted by molar-refractivity contribution is -0.000194. The Labute approximate surface area is 107 Å². The fourth-order valence-electron chi connectivity index (χ4n) is 2.09. The molecule has 1 amide bonds. The van der Waals surface area contributed by atoms with Gasteiger partial charge in [-0.25, -0.2) is 4.98 Å². The molecular formula is C13H19N3O2. The van der Waals surface area contributed by atoms with Crippen molar-refractivity contribution in [1.82, 2.24) is 9.88 Å². The lowest BCUT2D eigenvalue weighted by Gasteiger charge is -2.27. The zero-order chi connectivity index (χ0) is 13.0. The number of aromatic nitrogens is 1. The normalized spacial score (nSPS) is 19.5. The number of rotatable bonds is 3. The van der Waals surface area contributed by atoms with Crippen LogP contribution in [0.2, 0.25) is 0 Å². The van der Waals surface area contributed by atoms with Crippen LogP contribution in [0, 0.1) is 0 Å². The molecule has 0 saturated carbocycles. The van der Waals surface area contributed by atoms with E-state index in [0.29, 0.717) is 17.9 Å². The second-order valence-corrected chi connectivity index (χ2v) is 4.65. The molecule has 0 spiro atoms. The first-order chi connectivity index (χ1) is 8.66. The van der Waals surface area contributed by atoms with Gasteiger partial charge in [0, 0.05) is 26.4 Å². The number of likely N-dealkylation sites (N-methyl/N-ethyl adjacent to an activating group) is 1. The highest BCUT2D eigenvalue weighted by Crippen LogP contribution is 2.14. The Kier molecular flexibility index (Phi) is 4.15. The summed E-state index contributed by atoms with van der Waals surface area (Å²) in [5, 5.41) is 0. The number of nitrogens with zero attached hydrogens (tertiary/aromatic N) is 2. The summed E-state index contributed by atoms with van der Waals surface area (Å²) in [5.41, 5.74) is 6.05. The first-order valence-electron chi connectivity index (χ1n) is 6.25. The van der Waals surface area contributed by atoms with Crippen LogP contribution in [-0.2, 0) is 4.74 Å². The molecule has 2 N–H and O–H groups in total. The van der Waals surface area contributed by atoms with Gasteiger partial charge in [-0.15, -0.1) is 0 Å². The average Bonchev–Trinajstić information content (AvgIpc) is 2.40. The van der Waals surface area contributed by atoms with Crippen LogP contribution in [0.15, 0.2) is 18.3 Å². The van der Waals surface area contributed by atoms with Gasteiger partial charge < -0.3 is 15.4 Å². The lowest BCUT2D eigenvalue weighted by Crippen LogP contribution is -2.37. The maximum absolute atomic E-state index is 12.1. The van der Waals surface area contributed by atoms with E-state index >= 15 is 0 Å². The van der Waals surface area contributed by atoms with Gasteiger partial charge in [0.05, 0.1) is 11.7 Å². The first-order valence-corrected chi connectivity index (χ1v) is 6.25. The van der Waals surface area contributed by atoms with Crippen LogP contribution in [0.3, 0.4) is 0 Å². The summed E-state index contributed by atoms with van der Waals surface area (Å²) in [6.45, 7) is 1.43. The number of carbonyl (C=O) groups excluding carboxylic acids is 1. The second kappa shape index (κ2) is 5.82. The number of hydrogen-bond donors (Lipinski definition) is 1. The van der Waals surface area contributed by atoms with E-state index in [9.17, 15) is 4.79 Å². The number of carbonyl (C=O) groups is 1. The predicted molar refractivity (Wildman–Crippen MR) is 69.2 cm³/mol. The number of nitrogens with two attached hydrogens (primary N) is 1. The van der Waals surface area contributed by atoms with Gasteiger partial charge in [0.2, 0.25) is 0 Å². The van der Waals surface area contributed by atoms with Gasteiger partial charge in [-0.1, -0.05) is 0 Å². The van der Waals surface area contributed by atoms with E-state index < -0.39 is 0 Å². The molecule has 1 fully saturated rings. The molecule has 98 valence electrons. The third kappa shape index (κ3) is 3.20. The summed E-state index contributed by atoms with van der Waals surface area (Å²) in [6.07, 6.45) is 4.99. The minimum atomic E-state index is -0.0447. The zero-order valence-electron chi connectivity index (χ0n) is 10.6. The van der Waals surface area contributed by atoms with Crippen molar-refractivity contribution in [3.05, 3.63) is 23.9 Å². The zero-order valence-corrected chi connectivity index (χ0v) is 10.6. The number of ether oxygens (including phenoxy) is 1. The number of anilines is 1. The van der Waals surface area contributed by atoms with Gasteiger partial charge in [-0.05, 0) is 31.4 Å². The molecule has 5 heteroatoms. The molecule has 18 heavy (non-hydrogen) atoms. The fraction of sp³-hybridized carbons (Fsp3) is 0.538. The molecule has 1 aromatic rings. The van der Waals surface area contributed by atoms with E-state index in [1.807, 2.05) is 0 Å². The molecule has 5 nitrogen and oxygen atoms in total. The van der Waals surface area contributed by atoms with Crippen molar-refractivity contribution in [1.29, 1.82) is 0 Å². The van der Waals surface area contributed by atoms with E-state index in [2.05, 4.69) is 4.98 Å². The Hall–Kier alpha value is -1.62. The van der Waals surface area contributed by atoms with Gasteiger partial charge in [-0.2, -0.15) is 0 Å². The predicted octanol–water partition coefficient (Wildman–Crippen LogP) is 1.30. The highest BCUT2D eigenvalue weighted by atomic mass is 16.5. The molecule has 1 atom stereocenters. The molecule has 0 bridgehead atoms. The van der Waals surface area contributed by atoms with Crippen LogP contribution in [0.5, 0.6) is 0 Å². The van der Waals surface area contributed by atoms with Crippen LogP contribution < -0.4 is 5.73 Å². The summed E-state index contributed by atoms with van der Waals surface area (Å²) in [6, 6.07) is 3.33. The SMILES string of the molecule is CN(CC1CCCCO1)C(=O)c1ccc(N)nc1. The smallest absolute Gasteiger partial charge is 0.255 e. The van der Waals surface area contributed by atoms with E-state index in [-0.39, 0.29) is 12.0 Å². The third-order valence-electron chi connectivity index (χ3n) is 3.13. The molecule has 1 aliphatic heterocycles. The maximum Gasteiger partial charge on any atom is 0.255 e. The Morgan fingerprint density at radius 1 is 1.56 bits per heavy atom. The fourth-order valence-corrected chi connectivity index (χ4v) is 2.09. The summed E-state index contributed by atoms with van der Waals surface area (Å²) >= 11 is 0. The Bertz CT molecular complexity index is 399. The van der Waals surface area contributed by atoms with Gasteiger partial charge in [-0.3, -0.25) is 4.79 Å². The van der Waals surface area contributed by atoms with Crippen LogP contribution in [0.1, 0.15) is 29.6 Å². The minimum Gasteiger partial charge on any atom is -0.384 e. The standard InChI is InChI=1S/C13H19N3O2/c1-16(9-11-4-2-3-7-18-11)13(17)10-5-6-12(14)15-8-10/h5-6,8,11H,2-4,7,9H2,1H3,(H2,14,15). The summed E-state index contributed by atoms with van der Waals surface area (Å²) < 4.78 is 5.62. The molecule has 1 saturated heterocycles. The summed E-state index contributed by atoms with van der Waals surface area (Å²) in [4.78, 5) is 17.7. The van der Waals surface area contributed by atoms with Crippen LogP contribution in [-0.4, -0.2) is 42.1 Å². The van der Waals surface area contributed by atoms with Crippen molar-refractivity contribution in [3.8, 4) is 0 Å². The average molecular weight is 249 g/mol. The van der Waals surface area contributed by atoms with E-state index in [4.69, 9.17) is 10.5 Å². The van der Waals surface area contributed by atoms with Crippen molar-refractivity contribution < 1.29 is 9.53 Å². The van der Waals surface area contributed by atoms with Crippen LogP contribution in [0.4, 0.5) is 5.82 Å². The maximum atomic E-state index is 12.1. The first kappa shape index (κ1) is 12.8. The van der Waals surface area contributed by atoms with E-state index in [1.165, 1.54) is 12.6 Å². The van der Waals surface area contributed by atoms with Gasteiger partial charge in [0.15, 0.2) is 0 Å². The summed E-state index contributed by atoms with van der Waals surface area (Å²) in [7, 11) is 1.79. The number of pyridine rings is 1. The van der Waals surface area contributed by atoms with Crippen LogP contribution in [0.25, 0.3) is 0 Å². The largest absolute Gasteiger partial charge is 0.384 e. The van der Waals surface area contributed by atoms with Crippen molar-refractivity contribution in [2.24, 2.45) is 0 Å². The van der Waals surface area contributed by atoms with Crippen molar-refractivity contribution >= 4 is 11.7 Å². The topological polar surface area (TPSA) is 68.5 Å². The number of nitrogen functional groups attached to an aromatic ring is 1. The lowest BCUT2D eigenvalue weighted by atomic mass is 10.1. The van der Waals surface area contributed by atoms with Crippen molar-refractivity contribution in [2.45, 2.75) is 25.4 Å². The highest BCUT2D eigenvalue weighted by molar-refractivity contribution is 5.93. The quantitative estimate of drug-likeness (QED) is 0.876. The van der Waals surface area contributed by atoms with E-state index in [1.54, 1.807) is 24.1 Å². The van der Waals surface area contributed by atoms with Crippen molar-refractivity contribution in [3.63, 3.8) is 0 Å². The molecule has 1 aromatic heterocycles. The second-order valence-electron chi connectivity index (χ2n) is 4.65. The molecule has 0 radical (unpaired) electrons. The Morgan fingerprint density at radius 3 is 3.00 bits per heavy atom. The van der Waals surface area contributed by atoms with Gasteiger partial charge in [0.1, 0.15) is 5.82 Å². The molecule has 1 aliphatic rings. The highest BCUT2D eigenvalue weighted by Gasteiger charge is 2.19. The minimum absolute atomic E-state index is 0.0447.